The van der Waals surface area contributed by atoms with Crippen LogP contribution in [-0.2, 0) is 24.6 Å². The molecule has 274 valence electrons. The fourth-order valence-electron chi connectivity index (χ4n) is 5.95. The van der Waals surface area contributed by atoms with Crippen LogP contribution in [0, 0.1) is 25.2 Å². The van der Waals surface area contributed by atoms with E-state index in [0.717, 1.165) is 60.5 Å². The Morgan fingerprint density at radius 3 is 2.60 bits per heavy atom. The largest absolute Gasteiger partial charge is 0.493 e. The van der Waals surface area contributed by atoms with Gasteiger partial charge in [-0.25, -0.2) is 0 Å². The van der Waals surface area contributed by atoms with Gasteiger partial charge in [0.05, 0.1) is 35.6 Å². The second-order valence-corrected chi connectivity index (χ2v) is 13.5. The fourth-order valence-corrected chi connectivity index (χ4v) is 6.19. The summed E-state index contributed by atoms with van der Waals surface area (Å²) in [4.78, 5) is 22.8. The molecular formula is C39H44ClN5O7. The first kappa shape index (κ1) is 38.5. The lowest BCUT2D eigenvalue weighted by atomic mass is 9.96. The molecule has 1 saturated heterocycles. The maximum absolute atomic E-state index is 11.8. The first-order chi connectivity index (χ1) is 25.0. The molecule has 0 radical (unpaired) electrons. The van der Waals surface area contributed by atoms with E-state index < -0.39 is 18.1 Å². The number of ether oxygens (including phenoxy) is 3. The molecule has 13 heteroatoms. The van der Waals surface area contributed by atoms with Crippen molar-refractivity contribution in [2.75, 3.05) is 32.8 Å². The van der Waals surface area contributed by atoms with E-state index in [9.17, 15) is 25.4 Å². The molecule has 4 aromatic rings. The number of hydrogen-bond donors (Lipinski definition) is 4. The van der Waals surface area contributed by atoms with Gasteiger partial charge in [-0.3, -0.25) is 20.1 Å². The summed E-state index contributed by atoms with van der Waals surface area (Å²) in [5.41, 5.74) is 4.67. The van der Waals surface area contributed by atoms with Crippen LogP contribution in [0.2, 0.25) is 5.02 Å². The van der Waals surface area contributed by atoms with E-state index in [1.165, 1.54) is 13.1 Å². The van der Waals surface area contributed by atoms with Crippen molar-refractivity contribution in [3.05, 3.63) is 99.6 Å². The number of carboxylic acid groups (broad SMARTS) is 1. The fraction of sp³-hybridized carbons (Fsp3) is 0.385. The predicted octanol–water partition coefficient (Wildman–Crippen LogP) is 5.20. The summed E-state index contributed by atoms with van der Waals surface area (Å²) in [5, 5.41) is 41.6. The van der Waals surface area contributed by atoms with Crippen molar-refractivity contribution in [2.24, 2.45) is 0 Å². The van der Waals surface area contributed by atoms with Crippen LogP contribution in [0.3, 0.4) is 0 Å². The molecule has 0 bridgehead atoms. The van der Waals surface area contributed by atoms with Gasteiger partial charge in [0, 0.05) is 62.0 Å². The van der Waals surface area contributed by atoms with Crippen LogP contribution in [0.1, 0.15) is 53.3 Å². The molecule has 1 aliphatic heterocycles. The number of benzene rings is 2. The average Bonchev–Trinajstić information content (AvgIpc) is 3.57. The molecule has 0 saturated carbocycles. The van der Waals surface area contributed by atoms with Crippen LogP contribution in [-0.4, -0.2) is 80.6 Å². The van der Waals surface area contributed by atoms with Crippen molar-refractivity contribution >= 4 is 17.6 Å². The first-order valence-electron chi connectivity index (χ1n) is 17.1. The Labute approximate surface area is 308 Å². The zero-order valence-corrected chi connectivity index (χ0v) is 30.3. The molecule has 1 unspecified atom stereocenters. The molecule has 2 atom stereocenters. The SMILES string of the molecule is Cc1c(OCCCN2CC[C@@H](O)C2)cccc1-c1ccnc(COc2cc(OCc3cncc(C#N)c3)c(CNC(C)(CO)C(=O)O)cc2Cl)c1C. The Bertz CT molecular complexity index is 1920. The van der Waals surface area contributed by atoms with Crippen LogP contribution in [0.15, 0.2) is 61.1 Å². The third-order valence-corrected chi connectivity index (χ3v) is 9.56. The lowest BCUT2D eigenvalue weighted by Crippen LogP contribution is -2.52. The molecule has 0 spiro atoms. The number of halogens is 1. The van der Waals surface area contributed by atoms with Crippen LogP contribution in [0.5, 0.6) is 17.2 Å². The van der Waals surface area contributed by atoms with E-state index in [-0.39, 0.29) is 30.9 Å². The highest BCUT2D eigenvalue weighted by molar-refractivity contribution is 6.32. The topological polar surface area (TPSA) is 170 Å². The molecule has 1 aliphatic rings. The van der Waals surface area contributed by atoms with Crippen molar-refractivity contribution in [2.45, 2.75) is 65.0 Å². The third kappa shape index (κ3) is 9.56. The minimum atomic E-state index is -1.60. The predicted molar refractivity (Wildman–Crippen MR) is 195 cm³/mol. The highest BCUT2D eigenvalue weighted by Crippen LogP contribution is 2.36. The summed E-state index contributed by atoms with van der Waals surface area (Å²) in [6, 6.07) is 15.0. The zero-order valence-electron chi connectivity index (χ0n) is 29.6. The van der Waals surface area contributed by atoms with Gasteiger partial charge in [0.15, 0.2) is 0 Å². The van der Waals surface area contributed by atoms with Crippen LogP contribution < -0.4 is 19.5 Å². The molecular weight excluding hydrogens is 686 g/mol. The number of nitriles is 1. The number of nitrogens with zero attached hydrogens (tertiary/aromatic N) is 4. The van der Waals surface area contributed by atoms with Gasteiger partial charge in [-0.2, -0.15) is 5.26 Å². The zero-order chi connectivity index (χ0) is 37.3. The summed E-state index contributed by atoms with van der Waals surface area (Å²) in [7, 11) is 0. The van der Waals surface area contributed by atoms with Gasteiger partial charge in [-0.1, -0.05) is 23.7 Å². The van der Waals surface area contributed by atoms with Crippen LogP contribution >= 0.6 is 11.6 Å². The third-order valence-electron chi connectivity index (χ3n) is 9.26. The number of β-amino-alcohol motifs (C(OH)–C–C–N with tert-alkyl or cyclic N) is 1. The summed E-state index contributed by atoms with van der Waals surface area (Å²) in [6.07, 6.45) is 6.26. The first-order valence-corrected chi connectivity index (χ1v) is 17.5. The maximum atomic E-state index is 11.8. The molecule has 3 heterocycles. The Balaban J connectivity index is 1.32. The molecule has 52 heavy (non-hydrogen) atoms. The summed E-state index contributed by atoms with van der Waals surface area (Å²) in [6.45, 7) is 8.09. The molecule has 4 N–H and O–H groups in total. The summed E-state index contributed by atoms with van der Waals surface area (Å²) in [5.74, 6) is 0.301. The molecule has 2 aromatic carbocycles. The number of carboxylic acids is 1. The number of rotatable bonds is 17. The van der Waals surface area contributed by atoms with Crippen molar-refractivity contribution in [1.82, 2.24) is 20.2 Å². The quantitative estimate of drug-likeness (QED) is 0.105. The van der Waals surface area contributed by atoms with E-state index in [1.54, 1.807) is 30.6 Å². The standard InChI is InChI=1S/C39H44ClN5O7/c1-25-32(31-6-4-7-35(26(31)2)50-13-5-11-45-12-9-30(47)21-45)8-10-43-34(25)23-52-37-16-36(51-22-28-14-27(17-41)18-42-19-28)29(15-33(37)40)20-44-39(3,24-46)38(48)49/h4,6-8,10,14-16,18-19,30,44,46-47H,5,9,11-13,20-24H2,1-3H3,(H,48,49)/t30-,39?/m1/s1. The number of hydrogen-bond acceptors (Lipinski definition) is 11. The van der Waals surface area contributed by atoms with E-state index in [2.05, 4.69) is 32.3 Å². The van der Waals surface area contributed by atoms with Crippen LogP contribution in [0.25, 0.3) is 11.1 Å². The van der Waals surface area contributed by atoms with Gasteiger partial charge >= 0.3 is 5.97 Å². The minimum Gasteiger partial charge on any atom is -0.493 e. The summed E-state index contributed by atoms with van der Waals surface area (Å²) < 4.78 is 18.6. The van der Waals surface area contributed by atoms with Gasteiger partial charge in [0.25, 0.3) is 0 Å². The van der Waals surface area contributed by atoms with Gasteiger partial charge in [-0.15, -0.1) is 0 Å². The number of aliphatic carboxylic acids is 1. The summed E-state index contributed by atoms with van der Waals surface area (Å²) >= 11 is 6.70. The molecule has 2 aromatic heterocycles. The number of aliphatic hydroxyl groups is 2. The highest BCUT2D eigenvalue weighted by Gasteiger charge is 2.32. The number of carbonyl (C=O) groups is 1. The smallest absolute Gasteiger partial charge is 0.326 e. The Morgan fingerprint density at radius 2 is 1.87 bits per heavy atom. The number of aliphatic hydroxyl groups excluding tert-OH is 2. The normalized spacial score (nSPS) is 15.5. The maximum Gasteiger partial charge on any atom is 0.326 e. The van der Waals surface area contributed by atoms with Crippen molar-refractivity contribution in [1.29, 1.82) is 5.26 Å². The van der Waals surface area contributed by atoms with Crippen molar-refractivity contribution in [3.8, 4) is 34.4 Å². The number of aromatic nitrogens is 2. The Morgan fingerprint density at radius 1 is 1.08 bits per heavy atom. The second-order valence-electron chi connectivity index (χ2n) is 13.1. The molecule has 5 rings (SSSR count). The van der Waals surface area contributed by atoms with E-state index in [4.69, 9.17) is 25.8 Å². The van der Waals surface area contributed by atoms with Crippen molar-refractivity contribution < 1.29 is 34.3 Å². The van der Waals surface area contributed by atoms with Gasteiger partial charge < -0.3 is 34.4 Å². The lowest BCUT2D eigenvalue weighted by Gasteiger charge is -2.25. The lowest BCUT2D eigenvalue weighted by molar-refractivity contribution is -0.145. The van der Waals surface area contributed by atoms with Gasteiger partial charge in [0.2, 0.25) is 0 Å². The van der Waals surface area contributed by atoms with Crippen LogP contribution in [0.4, 0.5) is 0 Å². The number of likely N-dealkylation sites (tertiary alicyclic amines) is 1. The Hall–Kier alpha value is -4.77. The van der Waals surface area contributed by atoms with Gasteiger partial charge in [0.1, 0.15) is 42.1 Å². The molecule has 0 amide bonds. The monoisotopic (exact) mass is 729 g/mol. The number of nitrogens with one attached hydrogen (secondary N) is 1. The van der Waals surface area contributed by atoms with E-state index in [0.29, 0.717) is 40.5 Å². The Kier molecular flexibility index (Phi) is 13.0. The second kappa shape index (κ2) is 17.6. The number of pyridine rings is 2. The van der Waals surface area contributed by atoms with Crippen molar-refractivity contribution in [3.63, 3.8) is 0 Å². The van der Waals surface area contributed by atoms with Gasteiger partial charge in [-0.05, 0) is 80.1 Å². The average molecular weight is 730 g/mol. The molecule has 1 fully saturated rings. The molecule has 12 nitrogen and oxygen atoms in total. The molecule has 0 aliphatic carbocycles. The highest BCUT2D eigenvalue weighted by atomic mass is 35.5. The minimum absolute atomic E-state index is 0.0165. The van der Waals surface area contributed by atoms with E-state index >= 15 is 0 Å². The van der Waals surface area contributed by atoms with E-state index in [1.807, 2.05) is 32.0 Å².